The normalized spacial score (nSPS) is 27.5. The lowest BCUT2D eigenvalue weighted by molar-refractivity contribution is -0.157. The van der Waals surface area contributed by atoms with Gasteiger partial charge in [0, 0.05) is 22.0 Å². The van der Waals surface area contributed by atoms with E-state index >= 15 is 0 Å². The van der Waals surface area contributed by atoms with E-state index in [0.717, 1.165) is 36.8 Å². The molecule has 3 fully saturated rings. The maximum absolute atomic E-state index is 14.9. The van der Waals surface area contributed by atoms with Gasteiger partial charge in [-0.1, -0.05) is 73.3 Å². The number of primary sulfonamides is 1. The first-order chi connectivity index (χ1) is 19.0. The van der Waals surface area contributed by atoms with E-state index in [4.69, 9.17) is 28.3 Å². The predicted molar refractivity (Wildman–Crippen MR) is 163 cm³/mol. The molecule has 4 atom stereocenters. The lowest BCUT2D eigenvalue weighted by Crippen LogP contribution is -2.59. The molecule has 1 aliphatic heterocycles. The van der Waals surface area contributed by atoms with Crippen molar-refractivity contribution < 1.29 is 13.2 Å². The van der Waals surface area contributed by atoms with Gasteiger partial charge >= 0.3 is 0 Å². The quantitative estimate of drug-likeness (QED) is 0.282. The van der Waals surface area contributed by atoms with E-state index in [1.807, 2.05) is 48.5 Å². The highest BCUT2D eigenvalue weighted by Crippen LogP contribution is 2.57. The van der Waals surface area contributed by atoms with E-state index in [0.29, 0.717) is 48.6 Å². The summed E-state index contributed by atoms with van der Waals surface area (Å²) >= 11 is 12.8. The molecular formula is C32H40Cl2N2O3S. The van der Waals surface area contributed by atoms with Crippen LogP contribution in [0.2, 0.25) is 10.0 Å². The molecule has 0 bridgehead atoms. The molecule has 5 nitrogen and oxygen atoms in total. The van der Waals surface area contributed by atoms with Crippen LogP contribution in [0, 0.1) is 11.3 Å². The second-order valence-corrected chi connectivity index (χ2v) is 15.1. The van der Waals surface area contributed by atoms with Crippen molar-refractivity contribution in [3.63, 3.8) is 0 Å². The van der Waals surface area contributed by atoms with Crippen molar-refractivity contribution in [2.24, 2.45) is 16.5 Å². The van der Waals surface area contributed by atoms with E-state index < -0.39 is 20.2 Å². The number of likely N-dealkylation sites (tertiary alicyclic amines) is 1. The van der Waals surface area contributed by atoms with E-state index in [-0.39, 0.29) is 29.8 Å². The summed E-state index contributed by atoms with van der Waals surface area (Å²) in [7, 11) is -3.81. The minimum atomic E-state index is -3.81. The van der Waals surface area contributed by atoms with Crippen LogP contribution in [0.15, 0.2) is 61.2 Å². The van der Waals surface area contributed by atoms with Gasteiger partial charge in [0.15, 0.2) is 0 Å². The zero-order chi connectivity index (χ0) is 28.7. The molecule has 1 saturated heterocycles. The molecule has 2 aromatic rings. The summed E-state index contributed by atoms with van der Waals surface area (Å²) in [6.45, 7) is 6.10. The first-order valence-corrected chi connectivity index (χ1v) is 16.8. The van der Waals surface area contributed by atoms with E-state index in [1.165, 1.54) is 0 Å². The lowest BCUT2D eigenvalue weighted by atomic mass is 9.64. The molecule has 3 aliphatic rings. The van der Waals surface area contributed by atoms with Crippen molar-refractivity contribution in [2.45, 2.75) is 93.9 Å². The van der Waals surface area contributed by atoms with E-state index in [1.54, 1.807) is 0 Å². The van der Waals surface area contributed by atoms with Crippen molar-refractivity contribution in [1.82, 2.24) is 4.90 Å². The predicted octanol–water partition coefficient (Wildman–Crippen LogP) is 7.79. The minimum Gasteiger partial charge on any atom is -0.331 e. The fourth-order valence-corrected chi connectivity index (χ4v) is 9.11. The van der Waals surface area contributed by atoms with Gasteiger partial charge in [0.2, 0.25) is 15.9 Å². The summed E-state index contributed by atoms with van der Waals surface area (Å²) in [5, 5.41) is 7.24. The molecule has 40 heavy (non-hydrogen) atoms. The Balaban J connectivity index is 1.71. The van der Waals surface area contributed by atoms with Gasteiger partial charge in [0.25, 0.3) is 0 Å². The Labute approximate surface area is 249 Å². The largest absolute Gasteiger partial charge is 0.331 e. The Morgan fingerprint density at radius 2 is 1.75 bits per heavy atom. The number of carbonyl (C=O) groups is 1. The van der Waals surface area contributed by atoms with Crippen LogP contribution >= 0.6 is 23.2 Å². The molecule has 8 heteroatoms. The van der Waals surface area contributed by atoms with Crippen LogP contribution in [-0.4, -0.2) is 30.0 Å². The topological polar surface area (TPSA) is 80.5 Å². The number of piperidine rings is 1. The molecule has 2 aromatic carbocycles. The Morgan fingerprint density at radius 3 is 2.30 bits per heavy atom. The number of nitrogens with zero attached hydrogens (tertiary/aromatic N) is 1. The standard InChI is InChI=1S/C32H40Cl2N2O3S/c1-3-16-31(4-2)20-27(24-8-7-9-26(34)19-24)29(23-12-14-25(33)15-13-23)36(30(31)37)28(22-10-11-22)21-32(40(35,38)39)17-5-6-18-32/h3,7-9,12-15,19,22,27-29H,1,4-6,10-11,16-18,20-21H2,2H3,(H2,35,38,39)/t27-,28+,29-,31+/m1/s1. The molecule has 216 valence electrons. The van der Waals surface area contributed by atoms with Crippen molar-refractivity contribution in [3.05, 3.63) is 82.4 Å². The Kier molecular flexibility index (Phi) is 8.47. The highest BCUT2D eigenvalue weighted by molar-refractivity contribution is 7.90. The van der Waals surface area contributed by atoms with Crippen LogP contribution < -0.4 is 5.14 Å². The number of hydrogen-bond acceptors (Lipinski definition) is 3. The van der Waals surface area contributed by atoms with Crippen LogP contribution in [0.25, 0.3) is 0 Å². The molecule has 1 amide bonds. The van der Waals surface area contributed by atoms with Crippen molar-refractivity contribution in [2.75, 3.05) is 0 Å². The second-order valence-electron chi connectivity index (χ2n) is 12.2. The first kappa shape index (κ1) is 29.6. The highest BCUT2D eigenvalue weighted by Gasteiger charge is 2.57. The molecule has 2 aliphatic carbocycles. The van der Waals surface area contributed by atoms with Gasteiger partial charge in [-0.25, -0.2) is 13.6 Å². The molecule has 0 unspecified atom stereocenters. The summed E-state index contributed by atoms with van der Waals surface area (Å²) in [6.07, 6.45) is 8.82. The van der Waals surface area contributed by atoms with Crippen LogP contribution in [0.1, 0.15) is 94.2 Å². The van der Waals surface area contributed by atoms with Crippen LogP contribution in [0.3, 0.4) is 0 Å². The van der Waals surface area contributed by atoms with Crippen LogP contribution in [0.5, 0.6) is 0 Å². The number of benzene rings is 2. The molecule has 2 saturated carbocycles. The molecule has 0 spiro atoms. The third-order valence-electron chi connectivity index (χ3n) is 9.90. The zero-order valence-electron chi connectivity index (χ0n) is 23.2. The number of halogens is 2. The number of sulfonamides is 1. The van der Waals surface area contributed by atoms with Gasteiger partial charge in [-0.3, -0.25) is 4.79 Å². The van der Waals surface area contributed by atoms with Gasteiger partial charge < -0.3 is 4.90 Å². The second kappa shape index (κ2) is 11.4. The number of nitrogens with two attached hydrogens (primary N) is 1. The van der Waals surface area contributed by atoms with Gasteiger partial charge in [0.05, 0.1) is 16.2 Å². The average Bonchev–Trinajstić information content (AvgIpc) is 3.65. The average molecular weight is 604 g/mol. The zero-order valence-corrected chi connectivity index (χ0v) is 25.5. The minimum absolute atomic E-state index is 0.0484. The number of carbonyl (C=O) groups excluding carboxylic acids is 1. The van der Waals surface area contributed by atoms with Crippen molar-refractivity contribution in [1.29, 1.82) is 0 Å². The van der Waals surface area contributed by atoms with E-state index in [9.17, 15) is 13.2 Å². The molecular weight excluding hydrogens is 563 g/mol. The Morgan fingerprint density at radius 1 is 1.07 bits per heavy atom. The molecule has 0 aromatic heterocycles. The van der Waals surface area contributed by atoms with Gasteiger partial charge in [-0.15, -0.1) is 6.58 Å². The van der Waals surface area contributed by atoms with Crippen molar-refractivity contribution in [3.8, 4) is 0 Å². The van der Waals surface area contributed by atoms with Crippen LogP contribution in [0.4, 0.5) is 0 Å². The Hall–Kier alpha value is -1.86. The number of allylic oxidation sites excluding steroid dienone is 1. The molecule has 1 heterocycles. The SMILES string of the molecule is C=CC[C@@]1(CC)C[C@H](c2cccc(Cl)c2)[C@@H](c2ccc(Cl)cc2)N([C@@H](CC2(S(N)(=O)=O)CCCC2)C2CC2)C1=O. The molecule has 0 radical (unpaired) electrons. The number of amides is 1. The maximum Gasteiger partial charge on any atom is 0.229 e. The fourth-order valence-electron chi connectivity index (χ4n) is 7.53. The fraction of sp³-hybridized carbons (Fsp3) is 0.531. The summed E-state index contributed by atoms with van der Waals surface area (Å²) in [5.41, 5.74) is 1.42. The van der Waals surface area contributed by atoms with Gasteiger partial charge in [-0.05, 0) is 92.7 Å². The molecule has 2 N–H and O–H groups in total. The third kappa shape index (κ3) is 5.49. The number of hydrogen-bond donors (Lipinski definition) is 1. The summed E-state index contributed by atoms with van der Waals surface area (Å²) in [6, 6.07) is 15.2. The first-order valence-electron chi connectivity index (χ1n) is 14.5. The number of rotatable bonds is 10. The Bertz CT molecular complexity index is 1350. The lowest BCUT2D eigenvalue weighted by Gasteiger charge is -2.54. The summed E-state index contributed by atoms with van der Waals surface area (Å²) in [4.78, 5) is 17.0. The van der Waals surface area contributed by atoms with Gasteiger partial charge in [0.1, 0.15) is 0 Å². The van der Waals surface area contributed by atoms with Crippen LogP contribution in [-0.2, 0) is 14.8 Å². The van der Waals surface area contributed by atoms with E-state index in [2.05, 4.69) is 24.5 Å². The van der Waals surface area contributed by atoms with Crippen molar-refractivity contribution >= 4 is 39.1 Å². The summed E-state index contributed by atoms with van der Waals surface area (Å²) < 4.78 is 25.3. The molecule has 5 rings (SSSR count). The third-order valence-corrected chi connectivity index (χ3v) is 12.2. The highest BCUT2D eigenvalue weighted by atomic mass is 35.5. The smallest absolute Gasteiger partial charge is 0.229 e. The summed E-state index contributed by atoms with van der Waals surface area (Å²) in [5.74, 6) is 0.287. The monoisotopic (exact) mass is 602 g/mol. The van der Waals surface area contributed by atoms with Gasteiger partial charge in [-0.2, -0.15) is 0 Å². The maximum atomic E-state index is 14.9.